The zero-order valence-electron chi connectivity index (χ0n) is 9.69. The Morgan fingerprint density at radius 3 is 2.78 bits per heavy atom. The molecule has 2 rings (SSSR count). The maximum Gasteiger partial charge on any atom is 0.343 e. The van der Waals surface area contributed by atoms with Gasteiger partial charge in [0.25, 0.3) is 0 Å². The first kappa shape index (κ1) is 12.3. The molecule has 0 aromatic carbocycles. The van der Waals surface area contributed by atoms with Crippen molar-refractivity contribution in [1.29, 1.82) is 0 Å². The average molecular weight is 266 g/mol. The third-order valence-corrected chi connectivity index (χ3v) is 3.24. The van der Waals surface area contributed by atoms with Crippen LogP contribution in [0, 0.1) is 10.1 Å². The largest absolute Gasteiger partial charge is 0.367 e. The summed E-state index contributed by atoms with van der Waals surface area (Å²) in [6.45, 7) is 0. The molecule has 0 unspecified atom stereocenters. The smallest absolute Gasteiger partial charge is 0.343 e. The van der Waals surface area contributed by atoms with Crippen molar-refractivity contribution in [2.45, 2.75) is 10.2 Å². The van der Waals surface area contributed by atoms with Gasteiger partial charge < -0.3 is 9.88 Å². The predicted octanol–water partition coefficient (Wildman–Crippen LogP) is 1.31. The van der Waals surface area contributed by atoms with Crippen molar-refractivity contribution in [2.75, 3.05) is 12.4 Å². The molecule has 0 aliphatic heterocycles. The molecule has 0 fully saturated rings. The summed E-state index contributed by atoms with van der Waals surface area (Å²) < 4.78 is 1.76. The number of aryl methyl sites for hydroxylation is 1. The molecule has 0 saturated carbocycles. The lowest BCUT2D eigenvalue weighted by Gasteiger charge is -2.04. The Bertz CT molecular complexity index is 584. The second-order valence-electron chi connectivity index (χ2n) is 3.31. The summed E-state index contributed by atoms with van der Waals surface area (Å²) in [5.74, 6) is 0.187. The summed E-state index contributed by atoms with van der Waals surface area (Å²) >= 11 is 1.12. The van der Waals surface area contributed by atoms with E-state index in [0.29, 0.717) is 5.16 Å². The van der Waals surface area contributed by atoms with Crippen LogP contribution in [0.15, 0.2) is 28.9 Å². The Labute approximate surface area is 107 Å². The highest BCUT2D eigenvalue weighted by Crippen LogP contribution is 2.35. The van der Waals surface area contributed by atoms with Crippen LogP contribution in [-0.2, 0) is 7.05 Å². The predicted molar refractivity (Wildman–Crippen MR) is 65.6 cm³/mol. The Balaban J connectivity index is 2.44. The highest BCUT2D eigenvalue weighted by atomic mass is 32.2. The van der Waals surface area contributed by atoms with Gasteiger partial charge in [0, 0.05) is 26.5 Å². The molecule has 8 nitrogen and oxygen atoms in total. The molecule has 0 spiro atoms. The number of nitro groups is 1. The molecule has 0 aliphatic carbocycles. The second-order valence-corrected chi connectivity index (χ2v) is 4.26. The lowest BCUT2D eigenvalue weighted by Crippen LogP contribution is -2.03. The van der Waals surface area contributed by atoms with Gasteiger partial charge in [-0.3, -0.25) is 10.1 Å². The van der Waals surface area contributed by atoms with Crippen LogP contribution >= 0.6 is 11.8 Å². The first-order valence-corrected chi connectivity index (χ1v) is 5.77. The lowest BCUT2D eigenvalue weighted by molar-refractivity contribution is -0.387. The van der Waals surface area contributed by atoms with Crippen molar-refractivity contribution in [3.63, 3.8) is 0 Å². The first-order valence-electron chi connectivity index (χ1n) is 4.95. The molecule has 1 N–H and O–H groups in total. The number of anilines is 1. The Kier molecular flexibility index (Phi) is 3.42. The van der Waals surface area contributed by atoms with Gasteiger partial charge in [0.1, 0.15) is 6.33 Å². The molecule has 0 bridgehead atoms. The molecule has 94 valence electrons. The van der Waals surface area contributed by atoms with Crippen LogP contribution in [0.4, 0.5) is 11.5 Å². The molecule has 0 aliphatic rings. The van der Waals surface area contributed by atoms with E-state index in [0.717, 1.165) is 11.8 Å². The molecule has 0 amide bonds. The highest BCUT2D eigenvalue weighted by molar-refractivity contribution is 7.99. The van der Waals surface area contributed by atoms with E-state index in [2.05, 4.69) is 20.3 Å². The van der Waals surface area contributed by atoms with Crippen molar-refractivity contribution < 1.29 is 4.92 Å². The Hall–Kier alpha value is -2.16. The SMILES string of the molecule is CNc1ncnc(Sc2nccn2C)c1[N+](=O)[O-]. The van der Waals surface area contributed by atoms with Gasteiger partial charge in [0.15, 0.2) is 10.2 Å². The van der Waals surface area contributed by atoms with E-state index < -0.39 is 4.92 Å². The Morgan fingerprint density at radius 1 is 1.44 bits per heavy atom. The van der Waals surface area contributed by atoms with Crippen molar-refractivity contribution in [2.24, 2.45) is 7.05 Å². The Morgan fingerprint density at radius 2 is 2.22 bits per heavy atom. The number of imidazole rings is 1. The van der Waals surface area contributed by atoms with Crippen LogP contribution in [0.5, 0.6) is 0 Å². The van der Waals surface area contributed by atoms with E-state index in [-0.39, 0.29) is 16.5 Å². The first-order chi connectivity index (χ1) is 8.63. The van der Waals surface area contributed by atoms with Crippen LogP contribution in [-0.4, -0.2) is 31.5 Å². The maximum atomic E-state index is 11.1. The van der Waals surface area contributed by atoms with Crippen LogP contribution in [0.1, 0.15) is 0 Å². The van der Waals surface area contributed by atoms with Crippen LogP contribution in [0.3, 0.4) is 0 Å². The minimum Gasteiger partial charge on any atom is -0.367 e. The number of nitrogens with one attached hydrogen (secondary N) is 1. The van der Waals surface area contributed by atoms with E-state index in [1.54, 1.807) is 31.1 Å². The molecule has 9 heteroatoms. The third-order valence-electron chi connectivity index (χ3n) is 2.17. The normalized spacial score (nSPS) is 10.3. The van der Waals surface area contributed by atoms with Gasteiger partial charge in [-0.2, -0.15) is 0 Å². The van der Waals surface area contributed by atoms with Gasteiger partial charge in [0.05, 0.1) is 4.92 Å². The quantitative estimate of drug-likeness (QED) is 0.506. The highest BCUT2D eigenvalue weighted by Gasteiger charge is 2.23. The molecule has 2 aromatic heterocycles. The number of hydrogen-bond acceptors (Lipinski definition) is 7. The third kappa shape index (κ3) is 2.25. The lowest BCUT2D eigenvalue weighted by atomic mass is 10.5. The maximum absolute atomic E-state index is 11.1. The number of nitrogens with zero attached hydrogens (tertiary/aromatic N) is 5. The van der Waals surface area contributed by atoms with Crippen LogP contribution < -0.4 is 5.32 Å². The van der Waals surface area contributed by atoms with Gasteiger partial charge >= 0.3 is 5.69 Å². The van der Waals surface area contributed by atoms with Gasteiger partial charge in [-0.25, -0.2) is 15.0 Å². The summed E-state index contributed by atoms with van der Waals surface area (Å²) in [4.78, 5) is 22.4. The van der Waals surface area contributed by atoms with E-state index in [1.807, 2.05) is 0 Å². The summed E-state index contributed by atoms with van der Waals surface area (Å²) in [5.41, 5.74) is -0.145. The molecule has 0 atom stereocenters. The van der Waals surface area contributed by atoms with E-state index in [1.165, 1.54) is 6.33 Å². The zero-order chi connectivity index (χ0) is 13.1. The van der Waals surface area contributed by atoms with E-state index in [9.17, 15) is 10.1 Å². The topological polar surface area (TPSA) is 98.8 Å². The standard InChI is InChI=1S/C9H10N6O2S/c1-10-7-6(15(16)17)8(13-5-12-7)18-9-11-3-4-14(9)2/h3-5H,1-2H3,(H,10,12,13). The molecule has 18 heavy (non-hydrogen) atoms. The number of aromatic nitrogens is 4. The van der Waals surface area contributed by atoms with Crippen molar-refractivity contribution in [3.8, 4) is 0 Å². The minimum absolute atomic E-state index is 0.145. The van der Waals surface area contributed by atoms with Crippen LogP contribution in [0.2, 0.25) is 0 Å². The average Bonchev–Trinajstić information content (AvgIpc) is 2.74. The van der Waals surface area contributed by atoms with E-state index >= 15 is 0 Å². The summed E-state index contributed by atoms with van der Waals surface area (Å²) in [6.07, 6.45) is 4.66. The number of hydrogen-bond donors (Lipinski definition) is 1. The van der Waals surface area contributed by atoms with Crippen molar-refractivity contribution in [1.82, 2.24) is 19.5 Å². The molecule has 0 radical (unpaired) electrons. The molecular weight excluding hydrogens is 256 g/mol. The van der Waals surface area contributed by atoms with Crippen molar-refractivity contribution >= 4 is 23.3 Å². The van der Waals surface area contributed by atoms with Gasteiger partial charge in [-0.05, 0) is 11.8 Å². The van der Waals surface area contributed by atoms with Gasteiger partial charge in [-0.1, -0.05) is 0 Å². The fraction of sp³-hybridized carbons (Fsp3) is 0.222. The molecular formula is C9H10N6O2S. The van der Waals surface area contributed by atoms with E-state index in [4.69, 9.17) is 0 Å². The molecule has 0 saturated heterocycles. The zero-order valence-corrected chi connectivity index (χ0v) is 10.5. The molecule has 2 heterocycles. The van der Waals surface area contributed by atoms with Gasteiger partial charge in [-0.15, -0.1) is 0 Å². The monoisotopic (exact) mass is 266 g/mol. The summed E-state index contributed by atoms with van der Waals surface area (Å²) in [6, 6.07) is 0. The summed E-state index contributed by atoms with van der Waals surface area (Å²) in [5, 5.41) is 14.6. The van der Waals surface area contributed by atoms with Crippen molar-refractivity contribution in [3.05, 3.63) is 28.8 Å². The van der Waals surface area contributed by atoms with Crippen LogP contribution in [0.25, 0.3) is 0 Å². The number of rotatable bonds is 4. The minimum atomic E-state index is -0.503. The second kappa shape index (κ2) is 5.00. The fourth-order valence-corrected chi connectivity index (χ4v) is 2.18. The summed E-state index contributed by atoms with van der Waals surface area (Å²) in [7, 11) is 3.38. The fourth-order valence-electron chi connectivity index (χ4n) is 1.32. The van der Waals surface area contributed by atoms with Gasteiger partial charge in [0.2, 0.25) is 5.82 Å². The molecule has 2 aromatic rings.